The lowest BCUT2D eigenvalue weighted by molar-refractivity contribution is -0.139. The topological polar surface area (TPSA) is 86.8 Å². The quantitative estimate of drug-likeness (QED) is 0.513. The van der Waals surface area contributed by atoms with E-state index in [9.17, 15) is 18.0 Å². The van der Waals surface area contributed by atoms with Crippen molar-refractivity contribution in [2.24, 2.45) is 0 Å². The molecule has 0 aromatic heterocycles. The third-order valence-corrected chi connectivity index (χ3v) is 6.53. The Morgan fingerprint density at radius 2 is 1.73 bits per heavy atom. The Bertz CT molecular complexity index is 1020. The fraction of sp³-hybridized carbons (Fsp3) is 0.440. The molecule has 0 saturated heterocycles. The van der Waals surface area contributed by atoms with Crippen molar-refractivity contribution in [1.82, 2.24) is 10.2 Å². The average Bonchev–Trinajstić information content (AvgIpc) is 2.78. The Kier molecular flexibility index (Phi) is 9.91. The number of anilines is 1. The minimum atomic E-state index is -3.71. The highest BCUT2D eigenvalue weighted by atomic mass is 32.2. The van der Waals surface area contributed by atoms with Crippen LogP contribution in [0.3, 0.4) is 0 Å². The number of rotatable bonds is 12. The zero-order valence-electron chi connectivity index (χ0n) is 20.0. The van der Waals surface area contributed by atoms with E-state index in [4.69, 9.17) is 0 Å². The molecular weight excluding hydrogens is 438 g/mol. The van der Waals surface area contributed by atoms with Crippen LogP contribution >= 0.6 is 0 Å². The molecule has 0 saturated carbocycles. The summed E-state index contributed by atoms with van der Waals surface area (Å²) >= 11 is 0. The van der Waals surface area contributed by atoms with Gasteiger partial charge in [-0.2, -0.15) is 0 Å². The number of sulfonamides is 1. The first-order valence-electron chi connectivity index (χ1n) is 11.3. The molecule has 1 N–H and O–H groups in total. The first-order chi connectivity index (χ1) is 15.7. The molecule has 0 radical (unpaired) electrons. The van der Waals surface area contributed by atoms with E-state index >= 15 is 0 Å². The standard InChI is InChI=1S/C25H35N3O4S/c1-5-16-26-25(30)23(6-2)27(17-15-21-12-8-7-9-13-21)24(29)19-28(33(4,31)32)22-14-10-11-20(3)18-22/h7-14,18,23H,5-6,15-17,19H2,1-4H3,(H,26,30). The van der Waals surface area contributed by atoms with Gasteiger partial charge in [-0.25, -0.2) is 8.42 Å². The minimum Gasteiger partial charge on any atom is -0.354 e. The van der Waals surface area contributed by atoms with Gasteiger partial charge in [-0.05, 0) is 49.4 Å². The SMILES string of the molecule is CCCNC(=O)C(CC)N(CCc1ccccc1)C(=O)CN(c1cccc(C)c1)S(C)(=O)=O. The van der Waals surface area contributed by atoms with Crippen LogP contribution in [0.1, 0.15) is 37.8 Å². The van der Waals surface area contributed by atoms with Crippen LogP contribution in [0.2, 0.25) is 0 Å². The molecule has 0 aliphatic rings. The first-order valence-corrected chi connectivity index (χ1v) is 13.2. The fourth-order valence-electron chi connectivity index (χ4n) is 3.66. The molecule has 0 fully saturated rings. The lowest BCUT2D eigenvalue weighted by atomic mass is 10.1. The number of amides is 2. The van der Waals surface area contributed by atoms with Crippen molar-refractivity contribution in [2.45, 2.75) is 46.1 Å². The molecule has 7 nitrogen and oxygen atoms in total. The number of nitrogens with one attached hydrogen (secondary N) is 1. The van der Waals surface area contributed by atoms with Crippen molar-refractivity contribution < 1.29 is 18.0 Å². The van der Waals surface area contributed by atoms with Gasteiger partial charge in [0.05, 0.1) is 11.9 Å². The van der Waals surface area contributed by atoms with Gasteiger partial charge in [-0.15, -0.1) is 0 Å². The van der Waals surface area contributed by atoms with Crippen LogP contribution in [-0.4, -0.2) is 57.1 Å². The number of nitrogens with zero attached hydrogens (tertiary/aromatic N) is 2. The van der Waals surface area contributed by atoms with Crippen molar-refractivity contribution in [1.29, 1.82) is 0 Å². The van der Waals surface area contributed by atoms with Crippen LogP contribution in [-0.2, 0) is 26.0 Å². The van der Waals surface area contributed by atoms with Crippen molar-refractivity contribution in [3.8, 4) is 0 Å². The summed E-state index contributed by atoms with van der Waals surface area (Å²) in [6, 6.07) is 16.1. The highest BCUT2D eigenvalue weighted by Crippen LogP contribution is 2.20. The maximum absolute atomic E-state index is 13.5. The van der Waals surface area contributed by atoms with Crippen molar-refractivity contribution in [2.75, 3.05) is 30.2 Å². The maximum atomic E-state index is 13.5. The maximum Gasteiger partial charge on any atom is 0.244 e. The second kappa shape index (κ2) is 12.4. The van der Waals surface area contributed by atoms with Gasteiger partial charge in [-0.1, -0.05) is 56.3 Å². The van der Waals surface area contributed by atoms with Crippen LogP contribution in [0.5, 0.6) is 0 Å². The molecule has 180 valence electrons. The smallest absolute Gasteiger partial charge is 0.244 e. The van der Waals surface area contributed by atoms with Crippen LogP contribution in [0.25, 0.3) is 0 Å². The zero-order chi connectivity index (χ0) is 24.4. The highest BCUT2D eigenvalue weighted by molar-refractivity contribution is 7.92. The zero-order valence-corrected chi connectivity index (χ0v) is 20.8. The Morgan fingerprint density at radius 3 is 2.30 bits per heavy atom. The Labute approximate surface area is 197 Å². The Hall–Kier alpha value is -2.87. The molecule has 8 heteroatoms. The molecule has 0 spiro atoms. The molecule has 1 atom stereocenters. The van der Waals surface area contributed by atoms with E-state index in [2.05, 4.69) is 5.32 Å². The molecule has 2 amide bonds. The third-order valence-electron chi connectivity index (χ3n) is 5.39. The van der Waals surface area contributed by atoms with Gasteiger partial charge in [-0.3, -0.25) is 13.9 Å². The van der Waals surface area contributed by atoms with E-state index in [1.807, 2.05) is 57.2 Å². The predicted molar refractivity (Wildman–Crippen MR) is 133 cm³/mol. The molecule has 2 aromatic carbocycles. The van der Waals surface area contributed by atoms with E-state index in [0.29, 0.717) is 31.6 Å². The second-order valence-electron chi connectivity index (χ2n) is 8.15. The monoisotopic (exact) mass is 473 g/mol. The molecule has 2 rings (SSSR count). The van der Waals surface area contributed by atoms with Gasteiger partial charge in [0.25, 0.3) is 0 Å². The molecule has 0 aliphatic heterocycles. The van der Waals surface area contributed by atoms with E-state index in [-0.39, 0.29) is 12.5 Å². The van der Waals surface area contributed by atoms with E-state index in [0.717, 1.165) is 28.1 Å². The lowest BCUT2D eigenvalue weighted by Gasteiger charge is -2.33. The molecule has 0 bridgehead atoms. The van der Waals surface area contributed by atoms with Gasteiger partial charge in [0.15, 0.2) is 0 Å². The Balaban J connectivity index is 2.33. The number of hydrogen-bond acceptors (Lipinski definition) is 4. The fourth-order valence-corrected chi connectivity index (χ4v) is 4.50. The summed E-state index contributed by atoms with van der Waals surface area (Å²) < 4.78 is 26.2. The summed E-state index contributed by atoms with van der Waals surface area (Å²) in [4.78, 5) is 27.9. The van der Waals surface area contributed by atoms with E-state index in [1.54, 1.807) is 18.2 Å². The first kappa shape index (κ1) is 26.4. The minimum absolute atomic E-state index is 0.220. The van der Waals surface area contributed by atoms with Crippen LogP contribution in [0.4, 0.5) is 5.69 Å². The molecule has 0 aliphatic carbocycles. The summed E-state index contributed by atoms with van der Waals surface area (Å²) in [6.45, 7) is 6.15. The van der Waals surface area contributed by atoms with Crippen LogP contribution < -0.4 is 9.62 Å². The van der Waals surface area contributed by atoms with E-state index in [1.165, 1.54) is 4.90 Å². The summed E-state index contributed by atoms with van der Waals surface area (Å²) in [6.07, 6.45) is 2.87. The summed E-state index contributed by atoms with van der Waals surface area (Å²) in [5, 5.41) is 2.87. The average molecular weight is 474 g/mol. The summed E-state index contributed by atoms with van der Waals surface area (Å²) in [5.41, 5.74) is 2.36. The predicted octanol–water partition coefficient (Wildman–Crippen LogP) is 3.14. The molecule has 0 heterocycles. The van der Waals surface area contributed by atoms with Crippen molar-refractivity contribution in [3.05, 3.63) is 65.7 Å². The molecule has 33 heavy (non-hydrogen) atoms. The highest BCUT2D eigenvalue weighted by Gasteiger charge is 2.31. The summed E-state index contributed by atoms with van der Waals surface area (Å²) in [7, 11) is -3.71. The van der Waals surface area contributed by atoms with Crippen molar-refractivity contribution >= 4 is 27.5 Å². The number of carbonyl (C=O) groups excluding carboxylic acids is 2. The normalized spacial score (nSPS) is 12.1. The molecule has 1 unspecified atom stereocenters. The number of aryl methyl sites for hydroxylation is 1. The van der Waals surface area contributed by atoms with Crippen LogP contribution in [0, 0.1) is 6.92 Å². The van der Waals surface area contributed by atoms with Gasteiger partial charge < -0.3 is 10.2 Å². The Morgan fingerprint density at radius 1 is 1.03 bits per heavy atom. The second-order valence-corrected chi connectivity index (χ2v) is 10.1. The van der Waals surface area contributed by atoms with Crippen LogP contribution in [0.15, 0.2) is 54.6 Å². The molecular formula is C25H35N3O4S. The van der Waals surface area contributed by atoms with Gasteiger partial charge >= 0.3 is 0 Å². The van der Waals surface area contributed by atoms with Crippen molar-refractivity contribution in [3.63, 3.8) is 0 Å². The van der Waals surface area contributed by atoms with Gasteiger partial charge in [0, 0.05) is 13.1 Å². The lowest BCUT2D eigenvalue weighted by Crippen LogP contribution is -2.53. The number of carbonyl (C=O) groups is 2. The largest absolute Gasteiger partial charge is 0.354 e. The van der Waals surface area contributed by atoms with Gasteiger partial charge in [0.2, 0.25) is 21.8 Å². The van der Waals surface area contributed by atoms with E-state index < -0.39 is 22.0 Å². The number of benzene rings is 2. The van der Waals surface area contributed by atoms with Gasteiger partial charge in [0.1, 0.15) is 12.6 Å². The number of hydrogen-bond donors (Lipinski definition) is 1. The molecule has 2 aromatic rings. The summed E-state index contributed by atoms with van der Waals surface area (Å²) in [5.74, 6) is -0.626. The third kappa shape index (κ3) is 7.89.